The Morgan fingerprint density at radius 1 is 1.00 bits per heavy atom. The van der Waals surface area contributed by atoms with Gasteiger partial charge in [-0.3, -0.25) is 4.90 Å². The molecule has 0 aromatic heterocycles. The Morgan fingerprint density at radius 2 is 1.74 bits per heavy atom. The lowest BCUT2D eigenvalue weighted by atomic mass is 9.94. The van der Waals surface area contributed by atoms with E-state index in [1.807, 2.05) is 12.1 Å². The summed E-state index contributed by atoms with van der Waals surface area (Å²) in [6.45, 7) is 8.61. The summed E-state index contributed by atoms with van der Waals surface area (Å²) in [5, 5.41) is 4.35. The van der Waals surface area contributed by atoms with Gasteiger partial charge in [-0.15, -0.1) is 0 Å². The van der Waals surface area contributed by atoms with Crippen LogP contribution in [-0.2, 0) is 0 Å². The van der Waals surface area contributed by atoms with Crippen LogP contribution < -0.4 is 5.32 Å². The predicted molar refractivity (Wildman–Crippen MR) is 98.3 cm³/mol. The largest absolute Gasteiger partial charge is 0.315 e. The lowest BCUT2D eigenvalue weighted by Gasteiger charge is -2.32. The van der Waals surface area contributed by atoms with E-state index in [1.54, 1.807) is 0 Å². The molecule has 1 aliphatic rings. The van der Waals surface area contributed by atoms with Gasteiger partial charge in [0.25, 0.3) is 0 Å². The lowest BCUT2D eigenvalue weighted by molar-refractivity contribution is 0.241. The minimum atomic E-state index is 0.224. The number of hydrogen-bond donors (Lipinski definition) is 1. The molecular weight excluding hydrogens is 304 g/mol. The van der Waals surface area contributed by atoms with E-state index in [0.717, 1.165) is 31.2 Å². The molecule has 1 heterocycles. The van der Waals surface area contributed by atoms with Crippen LogP contribution in [0.4, 0.5) is 0 Å². The molecule has 0 bridgehead atoms. The van der Waals surface area contributed by atoms with E-state index in [-0.39, 0.29) is 6.04 Å². The van der Waals surface area contributed by atoms with E-state index in [2.05, 4.69) is 54.4 Å². The van der Waals surface area contributed by atoms with Crippen LogP contribution in [0.5, 0.6) is 0 Å². The smallest absolute Gasteiger partial charge is 0.0617 e. The Hall–Kier alpha value is -1.35. The van der Waals surface area contributed by atoms with Gasteiger partial charge in [0.2, 0.25) is 0 Å². The SMILES string of the molecule is Cc1cc(C)cc(C(c2ccccc2Cl)N2CCCNCC2)c1. The van der Waals surface area contributed by atoms with Gasteiger partial charge in [-0.05, 0) is 44.0 Å². The Morgan fingerprint density at radius 3 is 2.48 bits per heavy atom. The molecule has 1 aliphatic heterocycles. The quantitative estimate of drug-likeness (QED) is 0.901. The van der Waals surface area contributed by atoms with Crippen LogP contribution in [0.15, 0.2) is 42.5 Å². The number of aryl methyl sites for hydroxylation is 2. The Balaban J connectivity index is 2.07. The molecule has 122 valence electrons. The first kappa shape index (κ1) is 16.5. The van der Waals surface area contributed by atoms with Crippen LogP contribution in [0.1, 0.15) is 34.7 Å². The molecule has 3 heteroatoms. The summed E-state index contributed by atoms with van der Waals surface area (Å²) >= 11 is 6.57. The highest BCUT2D eigenvalue weighted by molar-refractivity contribution is 6.31. The Bertz CT molecular complexity index is 640. The van der Waals surface area contributed by atoms with Crippen molar-refractivity contribution < 1.29 is 0 Å². The number of rotatable bonds is 3. The van der Waals surface area contributed by atoms with Gasteiger partial charge in [0.15, 0.2) is 0 Å². The number of hydrogen-bond acceptors (Lipinski definition) is 2. The first-order valence-corrected chi connectivity index (χ1v) is 8.80. The van der Waals surface area contributed by atoms with Crippen molar-refractivity contribution in [3.8, 4) is 0 Å². The molecular formula is C20H25ClN2. The fourth-order valence-electron chi connectivity index (χ4n) is 3.58. The Kier molecular flexibility index (Phi) is 5.37. The van der Waals surface area contributed by atoms with Gasteiger partial charge in [-0.1, -0.05) is 59.1 Å². The molecule has 2 aromatic carbocycles. The highest BCUT2D eigenvalue weighted by atomic mass is 35.5. The third-order valence-corrected chi connectivity index (χ3v) is 4.84. The average molecular weight is 329 g/mol. The van der Waals surface area contributed by atoms with Crippen LogP contribution in [0.3, 0.4) is 0 Å². The van der Waals surface area contributed by atoms with E-state index >= 15 is 0 Å². The number of halogens is 1. The predicted octanol–water partition coefficient (Wildman–Crippen LogP) is 4.34. The molecule has 1 atom stereocenters. The number of benzene rings is 2. The summed E-state index contributed by atoms with van der Waals surface area (Å²) in [5.74, 6) is 0. The molecule has 3 rings (SSSR count). The van der Waals surface area contributed by atoms with Crippen molar-refractivity contribution in [3.05, 3.63) is 69.7 Å². The summed E-state index contributed by atoms with van der Waals surface area (Å²) < 4.78 is 0. The normalized spacial score (nSPS) is 17.7. The lowest BCUT2D eigenvalue weighted by Crippen LogP contribution is -2.33. The maximum Gasteiger partial charge on any atom is 0.0617 e. The first-order chi connectivity index (χ1) is 11.1. The third-order valence-electron chi connectivity index (χ3n) is 4.50. The molecule has 1 fully saturated rings. The fourth-order valence-corrected chi connectivity index (χ4v) is 3.82. The van der Waals surface area contributed by atoms with Gasteiger partial charge < -0.3 is 5.32 Å². The standard InChI is InChI=1S/C20H25ClN2/c1-15-12-16(2)14-17(13-15)20(18-6-3-4-7-19(18)21)23-10-5-8-22-9-11-23/h3-4,6-7,12-14,20,22H,5,8-11H2,1-2H3. The molecule has 0 aliphatic carbocycles. The second-order valence-corrected chi connectivity index (χ2v) is 6.89. The Labute approximate surface area is 144 Å². The maximum atomic E-state index is 6.57. The van der Waals surface area contributed by atoms with Crippen LogP contribution in [-0.4, -0.2) is 31.1 Å². The molecule has 23 heavy (non-hydrogen) atoms. The second-order valence-electron chi connectivity index (χ2n) is 6.48. The van der Waals surface area contributed by atoms with E-state index < -0.39 is 0 Å². The molecule has 0 saturated carbocycles. The fraction of sp³-hybridized carbons (Fsp3) is 0.400. The van der Waals surface area contributed by atoms with Gasteiger partial charge in [0.1, 0.15) is 0 Å². The van der Waals surface area contributed by atoms with Crippen molar-refractivity contribution in [1.29, 1.82) is 0 Å². The first-order valence-electron chi connectivity index (χ1n) is 8.42. The summed E-state index contributed by atoms with van der Waals surface area (Å²) in [4.78, 5) is 2.56. The van der Waals surface area contributed by atoms with Crippen molar-refractivity contribution >= 4 is 11.6 Å². The maximum absolute atomic E-state index is 6.57. The van der Waals surface area contributed by atoms with Crippen molar-refractivity contribution in [2.75, 3.05) is 26.2 Å². The van der Waals surface area contributed by atoms with E-state index in [4.69, 9.17) is 11.6 Å². The highest BCUT2D eigenvalue weighted by Gasteiger charge is 2.25. The van der Waals surface area contributed by atoms with Crippen LogP contribution in [0, 0.1) is 13.8 Å². The van der Waals surface area contributed by atoms with Crippen molar-refractivity contribution in [2.24, 2.45) is 0 Å². The van der Waals surface area contributed by atoms with Gasteiger partial charge in [-0.2, -0.15) is 0 Å². The zero-order valence-corrected chi connectivity index (χ0v) is 14.7. The molecule has 1 N–H and O–H groups in total. The zero-order valence-electron chi connectivity index (χ0n) is 14.0. The molecule has 2 nitrogen and oxygen atoms in total. The molecule has 0 spiro atoms. The zero-order chi connectivity index (χ0) is 16.2. The molecule has 2 aromatic rings. The minimum Gasteiger partial charge on any atom is -0.315 e. The van der Waals surface area contributed by atoms with Crippen LogP contribution in [0.2, 0.25) is 5.02 Å². The summed E-state index contributed by atoms with van der Waals surface area (Å²) in [5.41, 5.74) is 5.17. The summed E-state index contributed by atoms with van der Waals surface area (Å²) in [7, 11) is 0. The molecule has 1 unspecified atom stereocenters. The van der Waals surface area contributed by atoms with Crippen molar-refractivity contribution in [2.45, 2.75) is 26.3 Å². The second kappa shape index (κ2) is 7.48. The van der Waals surface area contributed by atoms with Crippen molar-refractivity contribution in [3.63, 3.8) is 0 Å². The topological polar surface area (TPSA) is 15.3 Å². The molecule has 0 radical (unpaired) electrons. The monoisotopic (exact) mass is 328 g/mol. The van der Waals surface area contributed by atoms with E-state index in [9.17, 15) is 0 Å². The summed E-state index contributed by atoms with van der Waals surface area (Å²) in [6.07, 6.45) is 1.17. The molecule has 0 amide bonds. The van der Waals surface area contributed by atoms with Gasteiger partial charge >= 0.3 is 0 Å². The van der Waals surface area contributed by atoms with E-state index in [1.165, 1.54) is 28.7 Å². The number of nitrogens with zero attached hydrogens (tertiary/aromatic N) is 1. The van der Waals surface area contributed by atoms with Crippen LogP contribution in [0.25, 0.3) is 0 Å². The molecule has 1 saturated heterocycles. The van der Waals surface area contributed by atoms with Gasteiger partial charge in [0.05, 0.1) is 6.04 Å². The van der Waals surface area contributed by atoms with E-state index in [0.29, 0.717) is 0 Å². The number of nitrogens with one attached hydrogen (secondary N) is 1. The third kappa shape index (κ3) is 3.95. The summed E-state index contributed by atoms with van der Waals surface area (Å²) in [6, 6.07) is 15.3. The van der Waals surface area contributed by atoms with Gasteiger partial charge in [0, 0.05) is 24.7 Å². The van der Waals surface area contributed by atoms with Crippen molar-refractivity contribution in [1.82, 2.24) is 10.2 Å². The van der Waals surface area contributed by atoms with Gasteiger partial charge in [-0.25, -0.2) is 0 Å². The highest BCUT2D eigenvalue weighted by Crippen LogP contribution is 2.34. The minimum absolute atomic E-state index is 0.224. The van der Waals surface area contributed by atoms with Crippen LogP contribution >= 0.6 is 11.6 Å². The average Bonchev–Trinajstić information content (AvgIpc) is 2.78.